The zero-order valence-corrected chi connectivity index (χ0v) is 18.4. The third kappa shape index (κ3) is 5.62. The van der Waals surface area contributed by atoms with Gasteiger partial charge in [-0.1, -0.05) is 23.7 Å². The molecule has 0 N–H and O–H groups in total. The Morgan fingerprint density at radius 3 is 2.32 bits per heavy atom. The van der Waals surface area contributed by atoms with Crippen LogP contribution in [0.25, 0.3) is 0 Å². The molecule has 1 aromatic rings. The molecule has 1 aromatic carbocycles. The van der Waals surface area contributed by atoms with Gasteiger partial charge < -0.3 is 14.5 Å². The number of carbonyl (C=O) groups is 1. The lowest BCUT2D eigenvalue weighted by molar-refractivity contribution is 0.0108. The quantitative estimate of drug-likeness (QED) is 0.727. The number of benzene rings is 1. The molecule has 0 spiro atoms. The molecule has 5 nitrogen and oxygen atoms in total. The zero-order chi connectivity index (χ0) is 20.3. The summed E-state index contributed by atoms with van der Waals surface area (Å²) >= 11 is 6.11. The number of hydrogen-bond donors (Lipinski definition) is 0. The fourth-order valence-electron chi connectivity index (χ4n) is 4.30. The van der Waals surface area contributed by atoms with Crippen LogP contribution in [0, 0.1) is 0 Å². The van der Waals surface area contributed by atoms with Crippen molar-refractivity contribution in [1.29, 1.82) is 0 Å². The summed E-state index contributed by atoms with van der Waals surface area (Å²) in [7, 11) is 2.21. The highest BCUT2D eigenvalue weighted by molar-refractivity contribution is 6.30. The minimum Gasteiger partial charge on any atom is -0.444 e. The molecular weight excluding hydrogens is 374 g/mol. The molecule has 0 bridgehead atoms. The van der Waals surface area contributed by atoms with Crippen LogP contribution in [0.4, 0.5) is 4.79 Å². The van der Waals surface area contributed by atoms with E-state index in [2.05, 4.69) is 29.0 Å². The van der Waals surface area contributed by atoms with E-state index in [1.165, 1.54) is 12.0 Å². The molecule has 156 valence electrons. The molecule has 3 rings (SSSR count). The summed E-state index contributed by atoms with van der Waals surface area (Å²) in [4.78, 5) is 19.3. The predicted molar refractivity (Wildman–Crippen MR) is 114 cm³/mol. The summed E-state index contributed by atoms with van der Waals surface area (Å²) in [5, 5.41) is 0.781. The summed E-state index contributed by atoms with van der Waals surface area (Å²) in [5.74, 6) is 0. The first-order valence-electron chi connectivity index (χ1n) is 10.4. The smallest absolute Gasteiger partial charge is 0.410 e. The summed E-state index contributed by atoms with van der Waals surface area (Å²) in [6, 6.07) is 9.16. The minimum absolute atomic E-state index is 0.184. The van der Waals surface area contributed by atoms with Crippen molar-refractivity contribution in [2.75, 3.05) is 39.8 Å². The minimum atomic E-state index is -0.441. The highest BCUT2D eigenvalue weighted by Gasteiger charge is 2.34. The Balaban J connectivity index is 1.68. The second kappa shape index (κ2) is 9.02. The van der Waals surface area contributed by atoms with Crippen molar-refractivity contribution in [3.8, 4) is 0 Å². The largest absolute Gasteiger partial charge is 0.444 e. The van der Waals surface area contributed by atoms with Crippen molar-refractivity contribution in [3.63, 3.8) is 0 Å². The Kier molecular flexibility index (Phi) is 6.89. The van der Waals surface area contributed by atoms with E-state index in [1.807, 2.05) is 37.8 Å². The maximum atomic E-state index is 12.4. The van der Waals surface area contributed by atoms with E-state index in [4.69, 9.17) is 16.3 Å². The van der Waals surface area contributed by atoms with E-state index in [9.17, 15) is 4.79 Å². The van der Waals surface area contributed by atoms with Gasteiger partial charge >= 0.3 is 6.09 Å². The van der Waals surface area contributed by atoms with Crippen LogP contribution >= 0.6 is 11.6 Å². The van der Waals surface area contributed by atoms with Crippen molar-refractivity contribution >= 4 is 17.7 Å². The van der Waals surface area contributed by atoms with E-state index in [0.717, 1.165) is 50.6 Å². The SMILES string of the molecule is CN1CCCN(C2CCN(C(=O)OC(C)(C)C)CC2)[C@@H](c2ccc(Cl)cc2)C1. The topological polar surface area (TPSA) is 36.0 Å². The van der Waals surface area contributed by atoms with Gasteiger partial charge in [-0.25, -0.2) is 4.79 Å². The molecule has 28 heavy (non-hydrogen) atoms. The number of piperidine rings is 1. The Bertz CT molecular complexity index is 651. The van der Waals surface area contributed by atoms with Crippen LogP contribution in [0.3, 0.4) is 0 Å². The third-order valence-electron chi connectivity index (χ3n) is 5.68. The Labute approximate surface area is 174 Å². The van der Waals surface area contributed by atoms with Crippen molar-refractivity contribution in [1.82, 2.24) is 14.7 Å². The van der Waals surface area contributed by atoms with Gasteiger partial charge in [-0.3, -0.25) is 4.90 Å². The Morgan fingerprint density at radius 2 is 1.71 bits per heavy atom. The van der Waals surface area contributed by atoms with Crippen LogP contribution in [-0.2, 0) is 4.74 Å². The van der Waals surface area contributed by atoms with Crippen LogP contribution in [0.5, 0.6) is 0 Å². The monoisotopic (exact) mass is 407 g/mol. The summed E-state index contributed by atoms with van der Waals surface area (Å²) in [6.07, 6.45) is 2.98. The van der Waals surface area contributed by atoms with Crippen LogP contribution in [0.1, 0.15) is 51.6 Å². The lowest BCUT2D eigenvalue weighted by Crippen LogP contribution is -2.49. The first-order valence-corrected chi connectivity index (χ1v) is 10.8. The number of likely N-dealkylation sites (tertiary alicyclic amines) is 1. The number of amides is 1. The summed E-state index contributed by atoms with van der Waals surface area (Å²) in [6.45, 7) is 10.5. The number of rotatable bonds is 2. The highest BCUT2D eigenvalue weighted by atomic mass is 35.5. The van der Waals surface area contributed by atoms with Gasteiger partial charge in [-0.15, -0.1) is 0 Å². The third-order valence-corrected chi connectivity index (χ3v) is 5.93. The molecule has 0 radical (unpaired) electrons. The molecule has 1 atom stereocenters. The highest BCUT2D eigenvalue weighted by Crippen LogP contribution is 2.31. The number of hydrogen-bond acceptors (Lipinski definition) is 4. The van der Waals surface area contributed by atoms with Crippen molar-refractivity contribution in [3.05, 3.63) is 34.9 Å². The average molecular weight is 408 g/mol. The molecule has 0 aliphatic carbocycles. The second-order valence-electron chi connectivity index (χ2n) is 9.12. The maximum absolute atomic E-state index is 12.4. The average Bonchev–Trinajstić information content (AvgIpc) is 2.83. The molecule has 2 aliphatic rings. The number of likely N-dealkylation sites (N-methyl/N-ethyl adjacent to an activating group) is 1. The Morgan fingerprint density at radius 1 is 1.07 bits per heavy atom. The van der Waals surface area contributed by atoms with E-state index < -0.39 is 5.60 Å². The summed E-state index contributed by atoms with van der Waals surface area (Å²) < 4.78 is 5.55. The summed E-state index contributed by atoms with van der Waals surface area (Å²) in [5.41, 5.74) is 0.885. The fraction of sp³-hybridized carbons (Fsp3) is 0.682. The van der Waals surface area contributed by atoms with Gasteiger partial charge in [0.05, 0.1) is 0 Å². The first kappa shape index (κ1) is 21.4. The first-order chi connectivity index (χ1) is 13.2. The van der Waals surface area contributed by atoms with Gasteiger partial charge in [0.15, 0.2) is 0 Å². The van der Waals surface area contributed by atoms with Gasteiger partial charge in [0.1, 0.15) is 5.60 Å². The molecule has 2 saturated heterocycles. The van der Waals surface area contributed by atoms with Gasteiger partial charge in [0, 0.05) is 43.3 Å². The van der Waals surface area contributed by atoms with Crippen LogP contribution < -0.4 is 0 Å². The molecule has 1 amide bonds. The standard InChI is InChI=1S/C22H34ClN3O2/c1-22(2,3)28-21(27)25-14-10-19(11-15-25)26-13-5-12-24(4)16-20(26)17-6-8-18(23)9-7-17/h6-9,19-20H,5,10-16H2,1-4H3/t20-/m1/s1. The van der Waals surface area contributed by atoms with Crippen LogP contribution in [-0.4, -0.2) is 72.2 Å². The molecule has 2 fully saturated rings. The van der Waals surface area contributed by atoms with Crippen LogP contribution in [0.2, 0.25) is 5.02 Å². The molecule has 0 unspecified atom stereocenters. The van der Waals surface area contributed by atoms with Gasteiger partial charge in [0.2, 0.25) is 0 Å². The fourth-order valence-corrected chi connectivity index (χ4v) is 4.42. The van der Waals surface area contributed by atoms with E-state index in [1.54, 1.807) is 0 Å². The van der Waals surface area contributed by atoms with Gasteiger partial charge in [0.25, 0.3) is 0 Å². The van der Waals surface area contributed by atoms with Crippen molar-refractivity contribution < 1.29 is 9.53 Å². The molecular formula is C22H34ClN3O2. The van der Waals surface area contributed by atoms with Crippen molar-refractivity contribution in [2.45, 2.75) is 57.7 Å². The molecule has 6 heteroatoms. The molecule has 0 aromatic heterocycles. The number of ether oxygens (including phenoxy) is 1. The van der Waals surface area contributed by atoms with Crippen molar-refractivity contribution in [2.24, 2.45) is 0 Å². The van der Waals surface area contributed by atoms with E-state index >= 15 is 0 Å². The number of halogens is 1. The molecule has 2 aliphatic heterocycles. The number of nitrogens with zero attached hydrogens (tertiary/aromatic N) is 3. The lowest BCUT2D eigenvalue weighted by atomic mass is 9.97. The predicted octanol–water partition coefficient (Wildman–Crippen LogP) is 4.42. The van der Waals surface area contributed by atoms with E-state index in [0.29, 0.717) is 12.1 Å². The van der Waals surface area contributed by atoms with E-state index in [-0.39, 0.29) is 6.09 Å². The second-order valence-corrected chi connectivity index (χ2v) is 9.56. The zero-order valence-electron chi connectivity index (χ0n) is 17.7. The Hall–Kier alpha value is -1.30. The van der Waals surface area contributed by atoms with Gasteiger partial charge in [-0.05, 0) is 71.3 Å². The van der Waals surface area contributed by atoms with Gasteiger partial charge in [-0.2, -0.15) is 0 Å². The molecule has 2 heterocycles. The normalized spacial score (nSPS) is 23.5. The lowest BCUT2D eigenvalue weighted by Gasteiger charge is -2.42. The molecule has 0 saturated carbocycles. The van der Waals surface area contributed by atoms with Crippen LogP contribution in [0.15, 0.2) is 24.3 Å². The number of carbonyl (C=O) groups excluding carboxylic acids is 1. The maximum Gasteiger partial charge on any atom is 0.410 e.